The summed E-state index contributed by atoms with van der Waals surface area (Å²) < 4.78 is 18.7. The summed E-state index contributed by atoms with van der Waals surface area (Å²) in [7, 11) is 0. The van der Waals surface area contributed by atoms with Crippen LogP contribution >= 0.6 is 0 Å². The van der Waals surface area contributed by atoms with Crippen LogP contribution < -0.4 is 9.47 Å². The molecule has 0 saturated heterocycles. The van der Waals surface area contributed by atoms with Crippen molar-refractivity contribution >= 4 is 35.8 Å². The van der Waals surface area contributed by atoms with Gasteiger partial charge < -0.3 is 18.9 Å². The van der Waals surface area contributed by atoms with E-state index in [4.69, 9.17) is 9.47 Å². The van der Waals surface area contributed by atoms with Gasteiger partial charge in [0, 0.05) is 11.8 Å². The number of ether oxygens (including phenoxy) is 4. The summed E-state index contributed by atoms with van der Waals surface area (Å²) in [6.07, 6.45) is 0. The maximum absolute atomic E-state index is 11.7. The highest BCUT2D eigenvalue weighted by Gasteiger charge is 2.31. The van der Waals surface area contributed by atoms with E-state index in [0.717, 1.165) is 0 Å². The highest BCUT2D eigenvalue weighted by atomic mass is 16.6. The zero-order valence-electron chi connectivity index (χ0n) is 16.5. The molecular weight excluding hydrogens is 448 g/mol. The van der Waals surface area contributed by atoms with Crippen molar-refractivity contribution in [2.75, 3.05) is 0 Å². The maximum Gasteiger partial charge on any atom is 0.390 e. The normalized spacial score (nSPS) is 12.4. The first-order chi connectivity index (χ1) is 16.3. The maximum atomic E-state index is 11.7. The molecule has 2 aliphatic rings. The number of hydrogen-bond donors (Lipinski definition) is 0. The number of carbonyl (C=O) groups excluding carboxylic acids is 6. The number of cyclic esters (lactones) is 4. The molecule has 162 valence electrons. The van der Waals surface area contributed by atoms with Gasteiger partial charge >= 0.3 is 35.8 Å². The minimum absolute atomic E-state index is 0.0237. The van der Waals surface area contributed by atoms with Crippen molar-refractivity contribution in [2.24, 2.45) is 0 Å². The second-order valence-corrected chi connectivity index (χ2v) is 6.30. The summed E-state index contributed by atoms with van der Waals surface area (Å²) in [5, 5.41) is 0. The van der Waals surface area contributed by atoms with Crippen LogP contribution in [0, 0.1) is 35.5 Å². The van der Waals surface area contributed by atoms with Gasteiger partial charge in [0.05, 0.1) is 22.3 Å². The van der Waals surface area contributed by atoms with Crippen LogP contribution in [0.4, 0.5) is 0 Å². The van der Waals surface area contributed by atoms with Gasteiger partial charge in [-0.1, -0.05) is 0 Å². The van der Waals surface area contributed by atoms with Crippen molar-refractivity contribution in [3.8, 4) is 47.0 Å². The number of esters is 6. The Bertz CT molecular complexity index is 1410. The average Bonchev–Trinajstić information content (AvgIpc) is 3.24. The zero-order chi connectivity index (χ0) is 24.2. The molecule has 10 heteroatoms. The Labute approximate surface area is 189 Å². The summed E-state index contributed by atoms with van der Waals surface area (Å²) in [5.41, 5.74) is 0.0669. The number of carbonyl (C=O) groups is 6. The molecule has 2 aliphatic heterocycles. The zero-order valence-corrected chi connectivity index (χ0v) is 16.5. The Kier molecular flexibility index (Phi) is 5.60. The van der Waals surface area contributed by atoms with Crippen molar-refractivity contribution in [3.63, 3.8) is 0 Å². The molecule has 0 aromatic heterocycles. The second-order valence-electron chi connectivity index (χ2n) is 6.30. The van der Waals surface area contributed by atoms with Gasteiger partial charge in [-0.25, -0.2) is 28.8 Å². The van der Waals surface area contributed by atoms with Crippen LogP contribution in [-0.4, -0.2) is 35.8 Å². The van der Waals surface area contributed by atoms with Crippen molar-refractivity contribution < 1.29 is 47.7 Å². The standard InChI is InChI=1S/C24H6O10/c25-19(31-13-7-9-15-17(11-13)23(29)33-21(15)27)5-3-1-2-4-6-20(26)32-14-8-10-16-18(12-14)24(30)34-22(16)28/h7-12H. The molecule has 2 aromatic carbocycles. The van der Waals surface area contributed by atoms with Crippen LogP contribution in [0.5, 0.6) is 11.5 Å². The predicted molar refractivity (Wildman–Crippen MR) is 107 cm³/mol. The van der Waals surface area contributed by atoms with Crippen LogP contribution in [-0.2, 0) is 19.1 Å². The molecule has 0 N–H and O–H groups in total. The SMILES string of the molecule is O=C(C#CC#CC#CC(=O)Oc1ccc2c(c1)C(=O)OC2=O)Oc1ccc2c(c1)C(=O)OC2=O. The molecule has 2 aromatic rings. The molecule has 0 amide bonds. The monoisotopic (exact) mass is 454 g/mol. The van der Waals surface area contributed by atoms with Gasteiger partial charge in [-0.3, -0.25) is 0 Å². The minimum atomic E-state index is -0.993. The summed E-state index contributed by atoms with van der Waals surface area (Å²) in [6, 6.07) is 7.49. The van der Waals surface area contributed by atoms with E-state index in [9.17, 15) is 28.8 Å². The van der Waals surface area contributed by atoms with Gasteiger partial charge in [-0.05, 0) is 60.1 Å². The van der Waals surface area contributed by atoms with Crippen LogP contribution in [0.15, 0.2) is 36.4 Å². The molecule has 0 atom stereocenters. The van der Waals surface area contributed by atoms with Gasteiger partial charge in [-0.2, -0.15) is 0 Å². The van der Waals surface area contributed by atoms with E-state index in [0.29, 0.717) is 0 Å². The Hall–Kier alpha value is -5.66. The Morgan fingerprint density at radius 3 is 1.35 bits per heavy atom. The van der Waals surface area contributed by atoms with Gasteiger partial charge in [0.2, 0.25) is 0 Å². The van der Waals surface area contributed by atoms with E-state index in [-0.39, 0.29) is 33.8 Å². The van der Waals surface area contributed by atoms with E-state index in [1.54, 1.807) is 0 Å². The van der Waals surface area contributed by atoms with Crippen molar-refractivity contribution in [1.29, 1.82) is 0 Å². The molecule has 0 bridgehead atoms. The topological polar surface area (TPSA) is 139 Å². The third-order valence-corrected chi connectivity index (χ3v) is 4.17. The Balaban J connectivity index is 1.31. The molecule has 10 nitrogen and oxygen atoms in total. The molecule has 0 radical (unpaired) electrons. The number of rotatable bonds is 2. The van der Waals surface area contributed by atoms with Crippen LogP contribution in [0.3, 0.4) is 0 Å². The third kappa shape index (κ3) is 4.50. The molecule has 0 fully saturated rings. The quantitative estimate of drug-likeness (QED) is 0.211. The third-order valence-electron chi connectivity index (χ3n) is 4.17. The van der Waals surface area contributed by atoms with Crippen LogP contribution in [0.1, 0.15) is 41.4 Å². The van der Waals surface area contributed by atoms with E-state index in [1.807, 2.05) is 0 Å². The lowest BCUT2D eigenvalue weighted by atomic mass is 10.1. The molecule has 0 aliphatic carbocycles. The molecule has 0 unspecified atom stereocenters. The lowest BCUT2D eigenvalue weighted by Crippen LogP contribution is -2.05. The fourth-order valence-electron chi connectivity index (χ4n) is 2.75. The molecule has 2 heterocycles. The first-order valence-electron chi connectivity index (χ1n) is 9.08. The van der Waals surface area contributed by atoms with Crippen LogP contribution in [0.2, 0.25) is 0 Å². The van der Waals surface area contributed by atoms with Crippen molar-refractivity contribution in [1.82, 2.24) is 0 Å². The fourth-order valence-corrected chi connectivity index (χ4v) is 2.75. The largest absolute Gasteiger partial charge is 0.417 e. The lowest BCUT2D eigenvalue weighted by molar-refractivity contribution is -0.128. The number of benzene rings is 2. The Morgan fingerprint density at radius 2 is 0.941 bits per heavy atom. The van der Waals surface area contributed by atoms with Crippen molar-refractivity contribution in [3.05, 3.63) is 58.7 Å². The summed E-state index contributed by atoms with van der Waals surface area (Å²) >= 11 is 0. The van der Waals surface area contributed by atoms with Crippen molar-refractivity contribution in [2.45, 2.75) is 0 Å². The van der Waals surface area contributed by atoms with E-state index >= 15 is 0 Å². The summed E-state index contributed by atoms with van der Waals surface area (Å²) in [6.45, 7) is 0. The highest BCUT2D eigenvalue weighted by molar-refractivity contribution is 6.15. The van der Waals surface area contributed by atoms with Gasteiger partial charge in [0.15, 0.2) is 0 Å². The molecule has 4 rings (SSSR count). The lowest BCUT2D eigenvalue weighted by Gasteiger charge is -2.00. The predicted octanol–water partition coefficient (Wildman–Crippen LogP) is 0.829. The van der Waals surface area contributed by atoms with E-state index < -0.39 is 35.8 Å². The second kappa shape index (κ2) is 8.83. The van der Waals surface area contributed by atoms with E-state index in [2.05, 4.69) is 45.0 Å². The van der Waals surface area contributed by atoms with E-state index in [1.165, 1.54) is 36.4 Å². The molecule has 0 spiro atoms. The molecule has 0 saturated carbocycles. The summed E-state index contributed by atoms with van der Waals surface area (Å²) in [5.74, 6) is 7.56. The van der Waals surface area contributed by atoms with Gasteiger partial charge in [0.25, 0.3) is 0 Å². The van der Waals surface area contributed by atoms with Gasteiger partial charge in [-0.15, -0.1) is 0 Å². The minimum Gasteiger partial charge on any atom is -0.417 e. The smallest absolute Gasteiger partial charge is 0.390 e. The van der Waals surface area contributed by atoms with Gasteiger partial charge in [0.1, 0.15) is 11.5 Å². The first-order valence-corrected chi connectivity index (χ1v) is 9.08. The number of hydrogen-bond acceptors (Lipinski definition) is 10. The number of fused-ring (bicyclic) bond motifs is 2. The fraction of sp³-hybridized carbons (Fsp3) is 0. The van der Waals surface area contributed by atoms with Crippen LogP contribution in [0.25, 0.3) is 0 Å². The molecular formula is C24H6O10. The average molecular weight is 454 g/mol. The first kappa shape index (κ1) is 21.6. The Morgan fingerprint density at radius 1 is 0.559 bits per heavy atom. The summed E-state index contributed by atoms with van der Waals surface area (Å²) in [4.78, 5) is 69.2. The highest BCUT2D eigenvalue weighted by Crippen LogP contribution is 2.25. The molecule has 34 heavy (non-hydrogen) atoms.